The summed E-state index contributed by atoms with van der Waals surface area (Å²) in [7, 11) is 1.47. The van der Waals surface area contributed by atoms with Crippen LogP contribution in [0.1, 0.15) is 6.92 Å². The minimum absolute atomic E-state index is 0.00505. The first-order chi connectivity index (χ1) is 6.15. The second-order valence-corrected chi connectivity index (χ2v) is 2.54. The third-order valence-corrected chi connectivity index (χ3v) is 1.53. The molecule has 0 saturated heterocycles. The second kappa shape index (κ2) is 3.80. The number of anilines is 1. The molecule has 1 amide bonds. The lowest BCUT2D eigenvalue weighted by atomic mass is 10.2. The molecular formula is C9H11NO3. The third kappa shape index (κ3) is 2.11. The van der Waals surface area contributed by atoms with E-state index in [0.29, 0.717) is 11.4 Å². The van der Waals surface area contributed by atoms with Crippen LogP contribution in [0.25, 0.3) is 0 Å². The molecule has 1 aromatic carbocycles. The first-order valence-electron chi connectivity index (χ1n) is 3.78. The highest BCUT2D eigenvalue weighted by atomic mass is 16.5. The number of aromatic hydroxyl groups is 1. The van der Waals surface area contributed by atoms with E-state index >= 15 is 0 Å². The Balaban J connectivity index is 3.07. The summed E-state index contributed by atoms with van der Waals surface area (Å²) in [5.41, 5.74) is 0.303. The molecule has 0 bridgehead atoms. The summed E-state index contributed by atoms with van der Waals surface area (Å²) in [5.74, 6) is 0.185. The van der Waals surface area contributed by atoms with Crippen LogP contribution in [0.2, 0.25) is 0 Å². The summed E-state index contributed by atoms with van der Waals surface area (Å²) >= 11 is 0. The molecule has 0 aliphatic carbocycles. The molecule has 4 heteroatoms. The first-order valence-corrected chi connectivity index (χ1v) is 3.78. The average Bonchev–Trinajstić information content (AvgIpc) is 2.08. The Bertz CT molecular complexity index is 323. The Hall–Kier alpha value is -1.71. The summed E-state index contributed by atoms with van der Waals surface area (Å²) in [4.78, 5) is 10.8. The zero-order valence-corrected chi connectivity index (χ0v) is 7.50. The molecule has 0 aromatic heterocycles. The van der Waals surface area contributed by atoms with Crippen LogP contribution in [0.3, 0.4) is 0 Å². The van der Waals surface area contributed by atoms with Gasteiger partial charge in [-0.05, 0) is 12.1 Å². The third-order valence-electron chi connectivity index (χ3n) is 1.53. The number of methoxy groups -OCH3 is 1. The molecule has 0 unspecified atom stereocenters. The molecule has 0 heterocycles. The summed E-state index contributed by atoms with van der Waals surface area (Å²) in [5, 5.41) is 11.9. The number of phenols is 1. The monoisotopic (exact) mass is 181 g/mol. The molecule has 0 fully saturated rings. The molecule has 0 aliphatic rings. The van der Waals surface area contributed by atoms with Crippen molar-refractivity contribution in [3.63, 3.8) is 0 Å². The molecule has 2 N–H and O–H groups in total. The van der Waals surface area contributed by atoms with Gasteiger partial charge in [-0.25, -0.2) is 0 Å². The number of nitrogens with one attached hydrogen (secondary N) is 1. The van der Waals surface area contributed by atoms with Gasteiger partial charge in [0.1, 0.15) is 17.2 Å². The fourth-order valence-corrected chi connectivity index (χ4v) is 0.991. The van der Waals surface area contributed by atoms with Gasteiger partial charge in [-0.3, -0.25) is 4.79 Å². The Morgan fingerprint density at radius 3 is 2.77 bits per heavy atom. The smallest absolute Gasteiger partial charge is 0.221 e. The number of ether oxygens (including phenoxy) is 1. The molecule has 0 radical (unpaired) electrons. The van der Waals surface area contributed by atoms with Crippen LogP contribution in [0, 0.1) is 0 Å². The summed E-state index contributed by atoms with van der Waals surface area (Å²) in [6, 6.07) is 4.78. The molecule has 4 nitrogen and oxygen atoms in total. The minimum Gasteiger partial charge on any atom is -0.506 e. The number of hydrogen-bond acceptors (Lipinski definition) is 3. The maximum atomic E-state index is 10.8. The number of hydrogen-bond donors (Lipinski definition) is 2. The fourth-order valence-electron chi connectivity index (χ4n) is 0.991. The number of carbonyl (C=O) groups excluding carboxylic acids is 1. The van der Waals surface area contributed by atoms with Crippen LogP contribution in [0.4, 0.5) is 5.69 Å². The van der Waals surface area contributed by atoms with Crippen molar-refractivity contribution in [3.8, 4) is 11.5 Å². The van der Waals surface area contributed by atoms with E-state index in [1.807, 2.05) is 0 Å². The van der Waals surface area contributed by atoms with E-state index in [1.165, 1.54) is 20.1 Å². The van der Waals surface area contributed by atoms with Crippen LogP contribution in [0.15, 0.2) is 18.2 Å². The van der Waals surface area contributed by atoms with Crippen LogP contribution < -0.4 is 10.1 Å². The largest absolute Gasteiger partial charge is 0.506 e. The van der Waals surface area contributed by atoms with Crippen molar-refractivity contribution in [1.82, 2.24) is 0 Å². The second-order valence-electron chi connectivity index (χ2n) is 2.54. The number of para-hydroxylation sites is 1. The van der Waals surface area contributed by atoms with Gasteiger partial charge in [-0.2, -0.15) is 0 Å². The number of benzene rings is 1. The quantitative estimate of drug-likeness (QED) is 0.677. The highest BCUT2D eigenvalue weighted by Crippen LogP contribution is 2.32. The van der Waals surface area contributed by atoms with Gasteiger partial charge >= 0.3 is 0 Å². The van der Waals surface area contributed by atoms with Crippen LogP contribution >= 0.6 is 0 Å². The highest BCUT2D eigenvalue weighted by molar-refractivity contribution is 5.92. The van der Waals surface area contributed by atoms with Gasteiger partial charge in [0.25, 0.3) is 0 Å². The number of carbonyl (C=O) groups is 1. The maximum Gasteiger partial charge on any atom is 0.221 e. The zero-order chi connectivity index (χ0) is 9.84. The van der Waals surface area contributed by atoms with Crippen molar-refractivity contribution in [2.75, 3.05) is 12.4 Å². The van der Waals surface area contributed by atoms with E-state index in [0.717, 1.165) is 0 Å². The zero-order valence-electron chi connectivity index (χ0n) is 7.50. The molecule has 0 aliphatic heterocycles. The van der Waals surface area contributed by atoms with Crippen molar-refractivity contribution in [1.29, 1.82) is 0 Å². The predicted octanol–water partition coefficient (Wildman–Crippen LogP) is 1.36. The number of phenolic OH excluding ortho intramolecular Hbond substituents is 1. The van der Waals surface area contributed by atoms with Crippen molar-refractivity contribution < 1.29 is 14.6 Å². The Labute approximate surface area is 76.1 Å². The van der Waals surface area contributed by atoms with Gasteiger partial charge in [0.2, 0.25) is 5.91 Å². The van der Waals surface area contributed by atoms with E-state index < -0.39 is 0 Å². The Kier molecular flexibility index (Phi) is 2.74. The Morgan fingerprint density at radius 1 is 1.54 bits per heavy atom. The highest BCUT2D eigenvalue weighted by Gasteiger charge is 2.08. The van der Waals surface area contributed by atoms with Gasteiger partial charge in [0.05, 0.1) is 7.11 Å². The summed E-state index contributed by atoms with van der Waals surface area (Å²) < 4.78 is 4.95. The van der Waals surface area contributed by atoms with E-state index in [-0.39, 0.29) is 11.7 Å². The van der Waals surface area contributed by atoms with Gasteiger partial charge in [-0.1, -0.05) is 6.07 Å². The lowest BCUT2D eigenvalue weighted by Gasteiger charge is -2.09. The van der Waals surface area contributed by atoms with Gasteiger partial charge in [-0.15, -0.1) is 0 Å². The first kappa shape index (κ1) is 9.38. The van der Waals surface area contributed by atoms with E-state index in [1.54, 1.807) is 12.1 Å². The summed E-state index contributed by atoms with van der Waals surface area (Å²) in [6.07, 6.45) is 0. The van der Waals surface area contributed by atoms with Crippen molar-refractivity contribution in [2.24, 2.45) is 0 Å². The van der Waals surface area contributed by atoms with Gasteiger partial charge in [0.15, 0.2) is 0 Å². The van der Waals surface area contributed by atoms with Gasteiger partial charge in [0, 0.05) is 6.92 Å². The lowest BCUT2D eigenvalue weighted by Crippen LogP contribution is -2.07. The molecule has 1 rings (SSSR count). The van der Waals surface area contributed by atoms with Crippen molar-refractivity contribution in [3.05, 3.63) is 18.2 Å². The fraction of sp³-hybridized carbons (Fsp3) is 0.222. The summed E-state index contributed by atoms with van der Waals surface area (Å²) in [6.45, 7) is 1.37. The van der Waals surface area contributed by atoms with Crippen molar-refractivity contribution >= 4 is 11.6 Å². The topological polar surface area (TPSA) is 58.6 Å². The SMILES string of the molecule is COc1cccc(O)c1NC(C)=O. The molecule has 70 valence electrons. The van der Waals surface area contributed by atoms with E-state index in [2.05, 4.69) is 5.32 Å². The molecule has 0 spiro atoms. The van der Waals surface area contributed by atoms with Crippen LogP contribution in [-0.2, 0) is 4.79 Å². The Morgan fingerprint density at radius 2 is 2.23 bits per heavy atom. The van der Waals surface area contributed by atoms with Crippen molar-refractivity contribution in [2.45, 2.75) is 6.92 Å². The van der Waals surface area contributed by atoms with Crippen LogP contribution in [0.5, 0.6) is 11.5 Å². The average molecular weight is 181 g/mol. The predicted molar refractivity (Wildman–Crippen MR) is 49.0 cm³/mol. The van der Waals surface area contributed by atoms with E-state index in [4.69, 9.17) is 4.74 Å². The molecule has 1 aromatic rings. The number of rotatable bonds is 2. The molecular weight excluding hydrogens is 170 g/mol. The molecule has 13 heavy (non-hydrogen) atoms. The molecule has 0 saturated carbocycles. The lowest BCUT2D eigenvalue weighted by molar-refractivity contribution is -0.114. The molecule has 0 atom stereocenters. The normalized spacial score (nSPS) is 9.38. The standard InChI is InChI=1S/C9H11NO3/c1-6(11)10-9-7(12)4-3-5-8(9)13-2/h3-5,12H,1-2H3,(H,10,11). The van der Waals surface area contributed by atoms with Gasteiger partial charge < -0.3 is 15.2 Å². The minimum atomic E-state index is -0.250. The maximum absolute atomic E-state index is 10.8. The van der Waals surface area contributed by atoms with Crippen LogP contribution in [-0.4, -0.2) is 18.1 Å². The number of amides is 1. The van der Waals surface area contributed by atoms with E-state index in [9.17, 15) is 9.90 Å².